The average Bonchev–Trinajstić information content (AvgIpc) is 2.85. The minimum absolute atomic E-state index is 0.218. The standard InChI is InChI=1S/C9H8N2O6S/c12-8(6-3-7(9(13)14)17-11-6)10-5-1-2-18(15,16)4-5/h1-3,5H,4H2,(H,10,12)(H,13,14). The summed E-state index contributed by atoms with van der Waals surface area (Å²) in [5, 5.41) is 15.3. The first-order valence-electron chi connectivity index (χ1n) is 4.79. The minimum atomic E-state index is -3.26. The van der Waals surface area contributed by atoms with Gasteiger partial charge in [-0.25, -0.2) is 13.2 Å². The van der Waals surface area contributed by atoms with Gasteiger partial charge in [-0.1, -0.05) is 5.16 Å². The van der Waals surface area contributed by atoms with Crippen LogP contribution in [0, 0.1) is 0 Å². The Bertz CT molecular complexity index is 629. The molecule has 1 amide bonds. The summed E-state index contributed by atoms with van der Waals surface area (Å²) in [4.78, 5) is 22.1. The number of hydrogen-bond acceptors (Lipinski definition) is 6. The van der Waals surface area contributed by atoms with Crippen molar-refractivity contribution in [2.45, 2.75) is 6.04 Å². The molecule has 0 aliphatic carbocycles. The third-order valence-electron chi connectivity index (χ3n) is 2.20. The molecule has 8 nitrogen and oxygen atoms in total. The SMILES string of the molecule is O=C(NC1C=CS(=O)(=O)C1)c1cc(C(=O)O)on1. The molecule has 0 bridgehead atoms. The second kappa shape index (κ2) is 4.26. The molecule has 2 heterocycles. The number of carbonyl (C=O) groups is 2. The van der Waals surface area contributed by atoms with Gasteiger partial charge in [-0.15, -0.1) is 0 Å². The van der Waals surface area contributed by atoms with E-state index in [1.54, 1.807) is 0 Å². The van der Waals surface area contributed by atoms with Gasteiger partial charge in [0.2, 0.25) is 5.76 Å². The first-order valence-corrected chi connectivity index (χ1v) is 6.51. The number of nitrogens with zero attached hydrogens (tertiary/aromatic N) is 1. The number of carboxylic acid groups (broad SMARTS) is 1. The van der Waals surface area contributed by atoms with Crippen LogP contribution in [-0.4, -0.2) is 42.4 Å². The van der Waals surface area contributed by atoms with Crippen molar-refractivity contribution in [3.63, 3.8) is 0 Å². The Morgan fingerprint density at radius 2 is 2.22 bits per heavy atom. The second-order valence-corrected chi connectivity index (χ2v) is 5.55. The predicted octanol–water partition coefficient (Wildman–Crippen LogP) is -0.587. The molecule has 0 spiro atoms. The molecule has 1 unspecified atom stereocenters. The number of amides is 1. The van der Waals surface area contributed by atoms with E-state index in [0.717, 1.165) is 11.5 Å². The maximum absolute atomic E-state index is 11.6. The molecule has 0 saturated carbocycles. The van der Waals surface area contributed by atoms with Crippen LogP contribution >= 0.6 is 0 Å². The highest BCUT2D eigenvalue weighted by atomic mass is 32.2. The van der Waals surface area contributed by atoms with Gasteiger partial charge in [0.25, 0.3) is 5.91 Å². The van der Waals surface area contributed by atoms with Crippen LogP contribution in [0.3, 0.4) is 0 Å². The van der Waals surface area contributed by atoms with E-state index in [9.17, 15) is 18.0 Å². The molecule has 2 rings (SSSR count). The molecule has 1 aromatic heterocycles. The Labute approximate surface area is 101 Å². The van der Waals surface area contributed by atoms with Gasteiger partial charge in [-0.3, -0.25) is 4.79 Å². The Hall–Kier alpha value is -2.16. The van der Waals surface area contributed by atoms with Gasteiger partial charge in [0, 0.05) is 11.5 Å². The molecule has 0 saturated heterocycles. The summed E-state index contributed by atoms with van der Waals surface area (Å²) in [6.45, 7) is 0. The van der Waals surface area contributed by atoms with E-state index in [4.69, 9.17) is 5.11 Å². The Morgan fingerprint density at radius 1 is 1.50 bits per heavy atom. The maximum Gasteiger partial charge on any atom is 0.374 e. The fourth-order valence-corrected chi connectivity index (χ4v) is 2.63. The van der Waals surface area contributed by atoms with Crippen LogP contribution in [0.25, 0.3) is 0 Å². The van der Waals surface area contributed by atoms with E-state index >= 15 is 0 Å². The monoisotopic (exact) mass is 272 g/mol. The number of hydrogen-bond donors (Lipinski definition) is 2. The summed E-state index contributed by atoms with van der Waals surface area (Å²) in [6.07, 6.45) is 1.34. The zero-order valence-electron chi connectivity index (χ0n) is 8.86. The molecular weight excluding hydrogens is 264 g/mol. The molecule has 1 aromatic rings. The molecule has 2 N–H and O–H groups in total. The van der Waals surface area contributed by atoms with E-state index in [1.165, 1.54) is 6.08 Å². The van der Waals surface area contributed by atoms with Crippen LogP contribution in [0.5, 0.6) is 0 Å². The van der Waals surface area contributed by atoms with Crippen molar-refractivity contribution in [3.8, 4) is 0 Å². The fraction of sp³-hybridized carbons (Fsp3) is 0.222. The van der Waals surface area contributed by atoms with Crippen molar-refractivity contribution in [3.05, 3.63) is 29.0 Å². The normalized spacial score (nSPS) is 20.8. The third-order valence-corrected chi connectivity index (χ3v) is 3.60. The van der Waals surface area contributed by atoms with Gasteiger partial charge in [-0.05, 0) is 6.08 Å². The highest BCUT2D eigenvalue weighted by Crippen LogP contribution is 2.09. The predicted molar refractivity (Wildman–Crippen MR) is 57.6 cm³/mol. The summed E-state index contributed by atoms with van der Waals surface area (Å²) in [5.74, 6) is -2.72. The van der Waals surface area contributed by atoms with Crippen LogP contribution < -0.4 is 5.32 Å². The molecule has 18 heavy (non-hydrogen) atoms. The van der Waals surface area contributed by atoms with E-state index in [0.29, 0.717) is 0 Å². The summed E-state index contributed by atoms with van der Waals surface area (Å²) in [7, 11) is -3.26. The van der Waals surface area contributed by atoms with Crippen LogP contribution in [0.15, 0.2) is 22.1 Å². The smallest absolute Gasteiger partial charge is 0.374 e. The Balaban J connectivity index is 2.04. The first kappa shape index (κ1) is 12.3. The lowest BCUT2D eigenvalue weighted by molar-refractivity contribution is 0.0651. The lowest BCUT2D eigenvalue weighted by atomic mass is 10.3. The summed E-state index contributed by atoms with van der Waals surface area (Å²) < 4.78 is 26.6. The van der Waals surface area contributed by atoms with Crippen LogP contribution in [0.4, 0.5) is 0 Å². The van der Waals surface area contributed by atoms with Crippen LogP contribution in [-0.2, 0) is 9.84 Å². The minimum Gasteiger partial charge on any atom is -0.475 e. The number of sulfone groups is 1. The van der Waals surface area contributed by atoms with Gasteiger partial charge in [0.05, 0.1) is 11.8 Å². The molecule has 96 valence electrons. The zero-order chi connectivity index (χ0) is 13.3. The highest BCUT2D eigenvalue weighted by molar-refractivity contribution is 7.94. The molecule has 0 aromatic carbocycles. The van der Waals surface area contributed by atoms with Crippen molar-refractivity contribution >= 4 is 21.7 Å². The summed E-state index contributed by atoms with van der Waals surface area (Å²) in [6, 6.07) is 0.317. The van der Waals surface area contributed by atoms with Crippen molar-refractivity contribution in [2.24, 2.45) is 0 Å². The van der Waals surface area contributed by atoms with Gasteiger partial charge >= 0.3 is 5.97 Å². The lowest BCUT2D eigenvalue weighted by Crippen LogP contribution is -2.35. The molecule has 1 aliphatic heterocycles. The number of rotatable bonds is 3. The third kappa shape index (κ3) is 2.56. The van der Waals surface area contributed by atoms with E-state index in [2.05, 4.69) is 15.0 Å². The Kier molecular flexibility index (Phi) is 2.91. The molecule has 0 fully saturated rings. The summed E-state index contributed by atoms with van der Waals surface area (Å²) >= 11 is 0. The van der Waals surface area contributed by atoms with Gasteiger partial charge < -0.3 is 14.9 Å². The highest BCUT2D eigenvalue weighted by Gasteiger charge is 2.25. The molecule has 0 radical (unpaired) electrons. The fourth-order valence-electron chi connectivity index (χ4n) is 1.39. The molecule has 1 atom stereocenters. The average molecular weight is 272 g/mol. The number of nitrogens with one attached hydrogen (secondary N) is 1. The van der Waals surface area contributed by atoms with Gasteiger partial charge in [-0.2, -0.15) is 0 Å². The molecule has 1 aliphatic rings. The maximum atomic E-state index is 11.6. The largest absolute Gasteiger partial charge is 0.475 e. The van der Waals surface area contributed by atoms with E-state index in [-0.39, 0.29) is 11.4 Å². The van der Waals surface area contributed by atoms with Crippen molar-refractivity contribution in [1.29, 1.82) is 0 Å². The van der Waals surface area contributed by atoms with E-state index < -0.39 is 33.5 Å². The van der Waals surface area contributed by atoms with Crippen LogP contribution in [0.1, 0.15) is 21.0 Å². The van der Waals surface area contributed by atoms with Crippen molar-refractivity contribution in [2.75, 3.05) is 5.75 Å². The quantitative estimate of drug-likeness (QED) is 0.753. The lowest BCUT2D eigenvalue weighted by Gasteiger charge is -2.07. The van der Waals surface area contributed by atoms with Crippen LogP contribution in [0.2, 0.25) is 0 Å². The molecular formula is C9H8N2O6S. The zero-order valence-corrected chi connectivity index (χ0v) is 9.68. The second-order valence-electron chi connectivity index (χ2n) is 3.62. The number of carboxylic acids is 1. The number of carbonyl (C=O) groups excluding carboxylic acids is 1. The van der Waals surface area contributed by atoms with Gasteiger partial charge in [0.1, 0.15) is 0 Å². The number of aromatic carboxylic acids is 1. The van der Waals surface area contributed by atoms with Crippen molar-refractivity contribution in [1.82, 2.24) is 10.5 Å². The number of aromatic nitrogens is 1. The van der Waals surface area contributed by atoms with Crippen molar-refractivity contribution < 1.29 is 27.6 Å². The van der Waals surface area contributed by atoms with Gasteiger partial charge in [0.15, 0.2) is 15.5 Å². The Morgan fingerprint density at radius 3 is 2.72 bits per heavy atom. The van der Waals surface area contributed by atoms with E-state index in [1.807, 2.05) is 0 Å². The topological polar surface area (TPSA) is 127 Å². The molecule has 9 heteroatoms. The first-order chi connectivity index (χ1) is 8.37. The summed E-state index contributed by atoms with van der Waals surface area (Å²) in [5.41, 5.74) is -0.218.